The van der Waals surface area contributed by atoms with Crippen molar-refractivity contribution in [3.8, 4) is 28.8 Å². The maximum absolute atomic E-state index is 5.71. The molecule has 0 N–H and O–H groups in total. The average Bonchev–Trinajstić information content (AvgIpc) is 2.97. The van der Waals surface area contributed by atoms with Gasteiger partial charge in [-0.2, -0.15) is 0 Å². The van der Waals surface area contributed by atoms with Crippen LogP contribution in [0.1, 0.15) is 5.56 Å². The highest BCUT2D eigenvalue weighted by molar-refractivity contribution is 5.62. The van der Waals surface area contributed by atoms with E-state index in [1.165, 1.54) is 0 Å². The molecule has 0 unspecified atom stereocenters. The lowest BCUT2D eigenvalue weighted by Crippen LogP contribution is -1.90. The van der Waals surface area contributed by atoms with Crippen molar-refractivity contribution in [3.05, 3.63) is 48.2 Å². The van der Waals surface area contributed by atoms with Crippen LogP contribution in [-0.2, 0) is 0 Å². The van der Waals surface area contributed by atoms with Gasteiger partial charge in [-0.15, -0.1) is 10.2 Å². The zero-order valence-corrected chi connectivity index (χ0v) is 11.2. The van der Waals surface area contributed by atoms with Crippen molar-refractivity contribution in [1.29, 1.82) is 0 Å². The highest BCUT2D eigenvalue weighted by atomic mass is 16.5. The smallest absolute Gasteiger partial charge is 0.253 e. The molecule has 5 heteroatoms. The third-order valence-electron chi connectivity index (χ3n) is 2.88. The summed E-state index contributed by atoms with van der Waals surface area (Å²) in [5, 5.41) is 8.14. The van der Waals surface area contributed by atoms with E-state index in [0.29, 0.717) is 23.2 Å². The number of nitrogens with zero attached hydrogens (tertiary/aromatic N) is 3. The number of hydrogen-bond acceptors (Lipinski definition) is 5. The molecule has 3 rings (SSSR count). The Labute approximate surface area is 116 Å². The number of aryl methyl sites for hydroxylation is 1. The van der Waals surface area contributed by atoms with Gasteiger partial charge in [0, 0.05) is 11.8 Å². The molecule has 0 saturated carbocycles. The molecular formula is C15H13N3O2. The van der Waals surface area contributed by atoms with Crippen LogP contribution in [0.4, 0.5) is 0 Å². The van der Waals surface area contributed by atoms with E-state index in [0.717, 1.165) is 11.1 Å². The van der Waals surface area contributed by atoms with Crippen LogP contribution in [0.2, 0.25) is 0 Å². The van der Waals surface area contributed by atoms with Crippen LogP contribution < -0.4 is 4.74 Å². The Kier molecular flexibility index (Phi) is 3.16. The predicted molar refractivity (Wildman–Crippen MR) is 74.3 cm³/mol. The van der Waals surface area contributed by atoms with Crippen molar-refractivity contribution < 1.29 is 9.15 Å². The molecule has 0 aliphatic heterocycles. The number of hydrogen-bond donors (Lipinski definition) is 0. The Morgan fingerprint density at radius 3 is 2.70 bits per heavy atom. The Morgan fingerprint density at radius 1 is 1.05 bits per heavy atom. The van der Waals surface area contributed by atoms with E-state index in [4.69, 9.17) is 9.15 Å². The van der Waals surface area contributed by atoms with Crippen molar-refractivity contribution in [2.24, 2.45) is 0 Å². The lowest BCUT2D eigenvalue weighted by atomic mass is 10.1. The lowest BCUT2D eigenvalue weighted by molar-refractivity contribution is 0.397. The molecule has 0 radical (unpaired) electrons. The fourth-order valence-electron chi connectivity index (χ4n) is 1.94. The van der Waals surface area contributed by atoms with E-state index >= 15 is 0 Å². The standard InChI is InChI=1S/C15H13N3O2/c1-10-5-3-6-11(9-10)13-17-18-15(20-13)12-7-4-8-16-14(12)19-2/h3-9H,1-2H3. The quantitative estimate of drug-likeness (QED) is 0.729. The first-order valence-corrected chi connectivity index (χ1v) is 6.18. The summed E-state index contributed by atoms with van der Waals surface area (Å²) < 4.78 is 10.9. The second-order valence-electron chi connectivity index (χ2n) is 4.34. The summed E-state index contributed by atoms with van der Waals surface area (Å²) >= 11 is 0. The lowest BCUT2D eigenvalue weighted by Gasteiger charge is -2.01. The third kappa shape index (κ3) is 2.25. The molecule has 0 fully saturated rings. The van der Waals surface area contributed by atoms with Gasteiger partial charge in [0.15, 0.2) is 0 Å². The molecule has 0 bridgehead atoms. The molecule has 2 aromatic heterocycles. The van der Waals surface area contributed by atoms with E-state index in [1.807, 2.05) is 37.3 Å². The number of rotatable bonds is 3. The number of ether oxygens (including phenoxy) is 1. The topological polar surface area (TPSA) is 61.0 Å². The van der Waals surface area contributed by atoms with Crippen LogP contribution in [0.15, 0.2) is 47.0 Å². The molecule has 20 heavy (non-hydrogen) atoms. The van der Waals surface area contributed by atoms with E-state index in [1.54, 1.807) is 19.4 Å². The van der Waals surface area contributed by atoms with E-state index in [2.05, 4.69) is 15.2 Å². The number of pyridine rings is 1. The van der Waals surface area contributed by atoms with Gasteiger partial charge in [-0.3, -0.25) is 0 Å². The normalized spacial score (nSPS) is 10.5. The van der Waals surface area contributed by atoms with Crippen molar-refractivity contribution in [3.63, 3.8) is 0 Å². The van der Waals surface area contributed by atoms with Crippen LogP contribution in [0.25, 0.3) is 22.9 Å². The van der Waals surface area contributed by atoms with Gasteiger partial charge in [0.1, 0.15) is 5.56 Å². The minimum Gasteiger partial charge on any atom is -0.480 e. The van der Waals surface area contributed by atoms with Gasteiger partial charge in [-0.1, -0.05) is 17.7 Å². The molecule has 5 nitrogen and oxygen atoms in total. The predicted octanol–water partition coefficient (Wildman–Crippen LogP) is 3.12. The third-order valence-corrected chi connectivity index (χ3v) is 2.88. The zero-order valence-electron chi connectivity index (χ0n) is 11.2. The fourth-order valence-corrected chi connectivity index (χ4v) is 1.94. The largest absolute Gasteiger partial charge is 0.480 e. The maximum atomic E-state index is 5.71. The highest BCUT2D eigenvalue weighted by Gasteiger charge is 2.14. The molecule has 0 amide bonds. The fraction of sp³-hybridized carbons (Fsp3) is 0.133. The van der Waals surface area contributed by atoms with Crippen molar-refractivity contribution in [2.45, 2.75) is 6.92 Å². The Balaban J connectivity index is 2.02. The summed E-state index contributed by atoms with van der Waals surface area (Å²) in [4.78, 5) is 4.12. The average molecular weight is 267 g/mol. The Bertz CT molecular complexity index is 737. The highest BCUT2D eigenvalue weighted by Crippen LogP contribution is 2.29. The van der Waals surface area contributed by atoms with Crippen LogP contribution in [0.5, 0.6) is 5.88 Å². The van der Waals surface area contributed by atoms with Gasteiger partial charge < -0.3 is 9.15 Å². The Morgan fingerprint density at radius 2 is 1.90 bits per heavy atom. The van der Waals surface area contributed by atoms with Gasteiger partial charge in [0.05, 0.1) is 7.11 Å². The number of aromatic nitrogens is 3. The van der Waals surface area contributed by atoms with Gasteiger partial charge in [-0.25, -0.2) is 4.98 Å². The zero-order chi connectivity index (χ0) is 13.9. The van der Waals surface area contributed by atoms with E-state index in [9.17, 15) is 0 Å². The molecule has 0 aliphatic rings. The van der Waals surface area contributed by atoms with Crippen LogP contribution in [-0.4, -0.2) is 22.3 Å². The molecule has 0 saturated heterocycles. The maximum Gasteiger partial charge on any atom is 0.253 e. The van der Waals surface area contributed by atoms with Gasteiger partial charge >= 0.3 is 0 Å². The first-order chi connectivity index (χ1) is 9.78. The van der Waals surface area contributed by atoms with Crippen molar-refractivity contribution in [1.82, 2.24) is 15.2 Å². The molecule has 100 valence electrons. The molecule has 0 spiro atoms. The van der Waals surface area contributed by atoms with Gasteiger partial charge in [0.2, 0.25) is 11.8 Å². The summed E-state index contributed by atoms with van der Waals surface area (Å²) in [5.41, 5.74) is 2.72. The van der Waals surface area contributed by atoms with Crippen molar-refractivity contribution in [2.75, 3.05) is 7.11 Å². The van der Waals surface area contributed by atoms with Crippen LogP contribution >= 0.6 is 0 Å². The minimum atomic E-state index is 0.395. The molecular weight excluding hydrogens is 254 g/mol. The summed E-state index contributed by atoms with van der Waals surface area (Å²) in [6.45, 7) is 2.02. The summed E-state index contributed by atoms with van der Waals surface area (Å²) in [6, 6.07) is 11.5. The summed E-state index contributed by atoms with van der Waals surface area (Å²) in [5.74, 6) is 1.34. The first-order valence-electron chi connectivity index (χ1n) is 6.18. The second kappa shape index (κ2) is 5.13. The minimum absolute atomic E-state index is 0.395. The SMILES string of the molecule is COc1ncccc1-c1nnc(-c2cccc(C)c2)o1. The van der Waals surface area contributed by atoms with E-state index in [-0.39, 0.29) is 0 Å². The van der Waals surface area contributed by atoms with Crippen molar-refractivity contribution >= 4 is 0 Å². The first kappa shape index (κ1) is 12.3. The molecule has 1 aromatic carbocycles. The van der Waals surface area contributed by atoms with Crippen LogP contribution in [0.3, 0.4) is 0 Å². The molecule has 0 aliphatic carbocycles. The molecule has 3 aromatic rings. The van der Waals surface area contributed by atoms with E-state index < -0.39 is 0 Å². The number of benzene rings is 1. The van der Waals surface area contributed by atoms with Crippen LogP contribution in [0, 0.1) is 6.92 Å². The molecule has 2 heterocycles. The summed E-state index contributed by atoms with van der Waals surface area (Å²) in [6.07, 6.45) is 1.65. The molecule has 0 atom stereocenters. The van der Waals surface area contributed by atoms with Gasteiger partial charge in [-0.05, 0) is 31.2 Å². The summed E-state index contributed by atoms with van der Waals surface area (Å²) in [7, 11) is 1.56. The monoisotopic (exact) mass is 267 g/mol. The van der Waals surface area contributed by atoms with Gasteiger partial charge in [0.25, 0.3) is 5.89 Å². The Hall–Kier alpha value is -2.69. The number of methoxy groups -OCH3 is 1. The second-order valence-corrected chi connectivity index (χ2v) is 4.34.